The first-order valence-electron chi connectivity index (χ1n) is 6.33. The molecular formula is C14H19FN2O. The van der Waals surface area contributed by atoms with E-state index in [2.05, 4.69) is 5.32 Å². The van der Waals surface area contributed by atoms with E-state index in [9.17, 15) is 9.18 Å². The average Bonchev–Trinajstić information content (AvgIpc) is 3.19. The number of likely N-dealkylation sites (N-methyl/N-ethyl adjacent to an activating group) is 1. The van der Waals surface area contributed by atoms with Crippen LogP contribution in [0.2, 0.25) is 0 Å². The fourth-order valence-corrected chi connectivity index (χ4v) is 1.97. The van der Waals surface area contributed by atoms with Gasteiger partial charge in [0.1, 0.15) is 5.82 Å². The minimum Gasteiger partial charge on any atom is -0.342 e. The van der Waals surface area contributed by atoms with Gasteiger partial charge in [-0.1, -0.05) is 18.2 Å². The van der Waals surface area contributed by atoms with E-state index in [1.54, 1.807) is 23.1 Å². The largest absolute Gasteiger partial charge is 0.342 e. The van der Waals surface area contributed by atoms with Gasteiger partial charge in [-0.3, -0.25) is 4.79 Å². The fourth-order valence-electron chi connectivity index (χ4n) is 1.97. The quantitative estimate of drug-likeness (QED) is 0.868. The van der Waals surface area contributed by atoms with Gasteiger partial charge < -0.3 is 10.2 Å². The molecular weight excluding hydrogens is 231 g/mol. The molecule has 0 saturated heterocycles. The van der Waals surface area contributed by atoms with Gasteiger partial charge >= 0.3 is 0 Å². The van der Waals surface area contributed by atoms with Gasteiger partial charge in [-0.25, -0.2) is 4.39 Å². The normalized spacial score (nSPS) is 16.4. The summed E-state index contributed by atoms with van der Waals surface area (Å²) in [5, 5.41) is 3.07. The number of hydrogen-bond donors (Lipinski definition) is 1. The first kappa shape index (κ1) is 13.0. The maximum absolute atomic E-state index is 13.5. The first-order chi connectivity index (χ1) is 8.59. The van der Waals surface area contributed by atoms with Crippen molar-refractivity contribution in [3.8, 4) is 0 Å². The summed E-state index contributed by atoms with van der Waals surface area (Å²) >= 11 is 0. The number of amides is 1. The van der Waals surface area contributed by atoms with Crippen LogP contribution < -0.4 is 5.32 Å². The fraction of sp³-hybridized carbons (Fsp3) is 0.500. The summed E-state index contributed by atoms with van der Waals surface area (Å²) in [6.07, 6.45) is 2.20. The minimum absolute atomic E-state index is 0.0701. The lowest BCUT2D eigenvalue weighted by Crippen LogP contribution is -2.37. The summed E-state index contributed by atoms with van der Waals surface area (Å²) in [6, 6.07) is 6.89. The number of carbonyl (C=O) groups excluding carboxylic acids is 1. The Morgan fingerprint density at radius 3 is 2.78 bits per heavy atom. The highest BCUT2D eigenvalue weighted by atomic mass is 19.1. The van der Waals surface area contributed by atoms with E-state index < -0.39 is 0 Å². The van der Waals surface area contributed by atoms with Crippen molar-refractivity contribution in [2.45, 2.75) is 31.8 Å². The highest BCUT2D eigenvalue weighted by Crippen LogP contribution is 2.25. The molecule has 1 aromatic rings. The van der Waals surface area contributed by atoms with Gasteiger partial charge in [-0.15, -0.1) is 0 Å². The molecule has 3 nitrogen and oxygen atoms in total. The van der Waals surface area contributed by atoms with E-state index in [4.69, 9.17) is 0 Å². The number of halogens is 1. The van der Waals surface area contributed by atoms with Crippen LogP contribution in [0.1, 0.15) is 31.4 Å². The van der Waals surface area contributed by atoms with E-state index in [0.29, 0.717) is 11.6 Å². The van der Waals surface area contributed by atoms with Gasteiger partial charge in [0, 0.05) is 24.7 Å². The predicted octanol–water partition coefficient (Wildman–Crippen LogP) is 2.10. The van der Waals surface area contributed by atoms with E-state index in [0.717, 1.165) is 12.8 Å². The van der Waals surface area contributed by atoms with Crippen LogP contribution in [0.25, 0.3) is 0 Å². The Hall–Kier alpha value is -1.42. The molecule has 1 atom stereocenters. The van der Waals surface area contributed by atoms with Gasteiger partial charge in [-0.2, -0.15) is 0 Å². The maximum Gasteiger partial charge on any atom is 0.236 e. The molecule has 1 saturated carbocycles. The molecule has 1 aliphatic rings. The van der Waals surface area contributed by atoms with Gasteiger partial charge in [0.2, 0.25) is 5.91 Å². The van der Waals surface area contributed by atoms with Crippen LogP contribution in [0.5, 0.6) is 0 Å². The molecule has 1 N–H and O–H groups in total. The summed E-state index contributed by atoms with van der Waals surface area (Å²) in [5.74, 6) is -0.166. The molecule has 0 radical (unpaired) electrons. The first-order valence-corrected chi connectivity index (χ1v) is 6.33. The van der Waals surface area contributed by atoms with Crippen LogP contribution in [0.3, 0.4) is 0 Å². The van der Waals surface area contributed by atoms with E-state index in [-0.39, 0.29) is 24.3 Å². The van der Waals surface area contributed by atoms with Crippen LogP contribution in [-0.2, 0) is 4.79 Å². The van der Waals surface area contributed by atoms with Crippen molar-refractivity contribution >= 4 is 5.91 Å². The van der Waals surface area contributed by atoms with Crippen molar-refractivity contribution < 1.29 is 9.18 Å². The van der Waals surface area contributed by atoms with Crippen molar-refractivity contribution in [1.82, 2.24) is 10.2 Å². The summed E-state index contributed by atoms with van der Waals surface area (Å²) in [7, 11) is 1.83. The third-order valence-electron chi connectivity index (χ3n) is 3.42. The van der Waals surface area contributed by atoms with Crippen LogP contribution in [0.4, 0.5) is 4.39 Å². The molecule has 0 heterocycles. The molecule has 0 aromatic heterocycles. The predicted molar refractivity (Wildman–Crippen MR) is 68.6 cm³/mol. The number of rotatable bonds is 5. The number of hydrogen-bond acceptors (Lipinski definition) is 2. The Bertz CT molecular complexity index is 432. The van der Waals surface area contributed by atoms with Crippen molar-refractivity contribution in [1.29, 1.82) is 0 Å². The Balaban J connectivity index is 1.86. The van der Waals surface area contributed by atoms with Gasteiger partial charge in [0.05, 0.1) is 6.54 Å². The summed E-state index contributed by atoms with van der Waals surface area (Å²) in [5.41, 5.74) is 0.597. The lowest BCUT2D eigenvalue weighted by Gasteiger charge is -2.19. The zero-order valence-corrected chi connectivity index (χ0v) is 10.8. The lowest BCUT2D eigenvalue weighted by atomic mass is 10.1. The van der Waals surface area contributed by atoms with Crippen LogP contribution >= 0.6 is 0 Å². The van der Waals surface area contributed by atoms with Gasteiger partial charge in [0.15, 0.2) is 0 Å². The molecule has 98 valence electrons. The Morgan fingerprint density at radius 2 is 2.17 bits per heavy atom. The lowest BCUT2D eigenvalue weighted by molar-refractivity contribution is -0.129. The molecule has 1 fully saturated rings. The standard InChI is InChI=1S/C14H19FN2O/c1-10(12-5-3-4-6-13(12)15)16-9-14(18)17(2)11-7-8-11/h3-6,10-11,16H,7-9H2,1-2H3. The number of benzene rings is 1. The van der Waals surface area contributed by atoms with Gasteiger partial charge in [0.25, 0.3) is 0 Å². The SMILES string of the molecule is CC(NCC(=O)N(C)C1CC1)c1ccccc1F. The zero-order valence-electron chi connectivity index (χ0n) is 10.8. The summed E-state index contributed by atoms with van der Waals surface area (Å²) in [6.45, 7) is 2.12. The molecule has 0 aliphatic heterocycles. The van der Waals surface area contributed by atoms with Gasteiger partial charge in [-0.05, 0) is 25.8 Å². The zero-order chi connectivity index (χ0) is 13.1. The monoisotopic (exact) mass is 250 g/mol. The van der Waals surface area contributed by atoms with Crippen LogP contribution in [0, 0.1) is 5.82 Å². The van der Waals surface area contributed by atoms with Crippen molar-refractivity contribution in [2.75, 3.05) is 13.6 Å². The second-order valence-corrected chi connectivity index (χ2v) is 4.86. The smallest absolute Gasteiger partial charge is 0.236 e. The number of nitrogens with one attached hydrogen (secondary N) is 1. The third kappa shape index (κ3) is 3.07. The Morgan fingerprint density at radius 1 is 1.50 bits per heavy atom. The Kier molecular flexibility index (Phi) is 3.97. The Labute approximate surface area is 107 Å². The molecule has 0 bridgehead atoms. The molecule has 4 heteroatoms. The number of carbonyl (C=O) groups is 1. The van der Waals surface area contributed by atoms with Crippen molar-refractivity contribution in [3.05, 3.63) is 35.6 Å². The number of nitrogens with zero attached hydrogens (tertiary/aromatic N) is 1. The maximum atomic E-state index is 13.5. The van der Waals surface area contributed by atoms with Crippen LogP contribution in [-0.4, -0.2) is 30.4 Å². The summed E-state index contributed by atoms with van der Waals surface area (Å²) < 4.78 is 13.5. The van der Waals surface area contributed by atoms with Crippen molar-refractivity contribution in [2.24, 2.45) is 0 Å². The molecule has 18 heavy (non-hydrogen) atoms. The second kappa shape index (κ2) is 5.48. The highest BCUT2D eigenvalue weighted by molar-refractivity contribution is 5.78. The van der Waals surface area contributed by atoms with E-state index in [1.807, 2.05) is 14.0 Å². The molecule has 2 rings (SSSR count). The molecule has 1 unspecified atom stereocenters. The average molecular weight is 250 g/mol. The molecule has 1 aromatic carbocycles. The van der Waals surface area contributed by atoms with Crippen molar-refractivity contribution in [3.63, 3.8) is 0 Å². The topological polar surface area (TPSA) is 32.3 Å². The molecule has 1 amide bonds. The van der Waals surface area contributed by atoms with E-state index >= 15 is 0 Å². The molecule has 0 spiro atoms. The minimum atomic E-state index is -0.236. The highest BCUT2D eigenvalue weighted by Gasteiger charge is 2.29. The third-order valence-corrected chi connectivity index (χ3v) is 3.42. The molecule has 1 aliphatic carbocycles. The second-order valence-electron chi connectivity index (χ2n) is 4.86. The van der Waals surface area contributed by atoms with Crippen LogP contribution in [0.15, 0.2) is 24.3 Å². The summed E-state index contributed by atoms with van der Waals surface area (Å²) in [4.78, 5) is 13.6. The van der Waals surface area contributed by atoms with E-state index in [1.165, 1.54) is 6.07 Å².